The van der Waals surface area contributed by atoms with Gasteiger partial charge in [-0.15, -0.1) is 5.10 Å². The van der Waals surface area contributed by atoms with Gasteiger partial charge in [0, 0.05) is 25.4 Å². The van der Waals surface area contributed by atoms with Crippen LogP contribution < -0.4 is 0 Å². The molecule has 0 spiro atoms. The largest absolute Gasteiger partial charge is 0.342 e. The lowest BCUT2D eigenvalue weighted by atomic mass is 10.2. The van der Waals surface area contributed by atoms with Crippen LogP contribution in [0.3, 0.4) is 0 Å². The maximum absolute atomic E-state index is 4.70. The van der Waals surface area contributed by atoms with Gasteiger partial charge < -0.3 is 4.98 Å². The summed E-state index contributed by atoms with van der Waals surface area (Å²) >= 11 is 0. The Bertz CT molecular complexity index is 952. The molecule has 0 bridgehead atoms. The summed E-state index contributed by atoms with van der Waals surface area (Å²) < 4.78 is 1.70. The van der Waals surface area contributed by atoms with E-state index >= 15 is 0 Å². The molecule has 0 amide bonds. The fraction of sp³-hybridized carbons (Fsp3) is 0.294. The quantitative estimate of drug-likeness (QED) is 0.608. The van der Waals surface area contributed by atoms with E-state index in [4.69, 9.17) is 4.98 Å². The summed E-state index contributed by atoms with van der Waals surface area (Å²) in [5.41, 5.74) is 3.36. The maximum atomic E-state index is 4.70. The third kappa shape index (κ3) is 2.85. The zero-order chi connectivity index (χ0) is 16.5. The molecule has 24 heavy (non-hydrogen) atoms. The number of hydrogen-bond acceptors (Lipinski definition) is 5. The molecule has 0 unspecified atom stereocenters. The van der Waals surface area contributed by atoms with Gasteiger partial charge in [0.15, 0.2) is 5.82 Å². The van der Waals surface area contributed by atoms with Crippen LogP contribution in [0, 0.1) is 6.92 Å². The minimum absolute atomic E-state index is 0.633. The summed E-state index contributed by atoms with van der Waals surface area (Å²) in [7, 11) is 2.06. The van der Waals surface area contributed by atoms with E-state index in [-0.39, 0.29) is 0 Å². The van der Waals surface area contributed by atoms with Gasteiger partial charge in [-0.05, 0) is 31.7 Å². The van der Waals surface area contributed by atoms with E-state index < -0.39 is 0 Å². The van der Waals surface area contributed by atoms with Gasteiger partial charge in [-0.25, -0.2) is 14.5 Å². The van der Waals surface area contributed by atoms with Gasteiger partial charge in [0.05, 0.1) is 17.6 Å². The number of nitrogens with zero attached hydrogens (tertiary/aromatic N) is 6. The van der Waals surface area contributed by atoms with Crippen molar-refractivity contribution in [3.05, 3.63) is 53.9 Å². The van der Waals surface area contributed by atoms with E-state index in [1.54, 1.807) is 10.7 Å². The summed E-state index contributed by atoms with van der Waals surface area (Å²) in [5, 5.41) is 4.43. The molecule has 4 aromatic rings. The van der Waals surface area contributed by atoms with E-state index in [0.29, 0.717) is 12.3 Å². The molecule has 1 aromatic carbocycles. The summed E-state index contributed by atoms with van der Waals surface area (Å²) in [6, 6.07) is 8.05. The minimum Gasteiger partial charge on any atom is -0.342 e. The molecule has 0 saturated carbocycles. The number of rotatable bonds is 5. The van der Waals surface area contributed by atoms with E-state index in [1.165, 1.54) is 5.56 Å². The molecule has 122 valence electrons. The smallest absolute Gasteiger partial charge is 0.252 e. The first kappa shape index (κ1) is 14.8. The summed E-state index contributed by atoms with van der Waals surface area (Å²) in [5.74, 6) is 2.42. The highest BCUT2D eigenvalue weighted by Crippen LogP contribution is 2.15. The van der Waals surface area contributed by atoms with Crippen LogP contribution in [0.4, 0.5) is 0 Å². The van der Waals surface area contributed by atoms with Crippen LogP contribution in [0.25, 0.3) is 16.8 Å². The van der Waals surface area contributed by atoms with Crippen LogP contribution >= 0.6 is 0 Å². The van der Waals surface area contributed by atoms with E-state index in [0.717, 1.165) is 35.6 Å². The maximum Gasteiger partial charge on any atom is 0.252 e. The van der Waals surface area contributed by atoms with Crippen LogP contribution in [0.15, 0.2) is 36.7 Å². The van der Waals surface area contributed by atoms with Gasteiger partial charge in [-0.1, -0.05) is 12.1 Å². The van der Waals surface area contributed by atoms with Crippen LogP contribution in [0.2, 0.25) is 0 Å². The van der Waals surface area contributed by atoms with Gasteiger partial charge in [0.2, 0.25) is 0 Å². The topological polar surface area (TPSA) is 75.0 Å². The Balaban J connectivity index is 1.41. The van der Waals surface area contributed by atoms with E-state index in [9.17, 15) is 0 Å². The molecule has 0 atom stereocenters. The zero-order valence-electron chi connectivity index (χ0n) is 13.8. The van der Waals surface area contributed by atoms with Crippen molar-refractivity contribution in [2.75, 3.05) is 13.6 Å². The highest BCUT2D eigenvalue weighted by molar-refractivity contribution is 5.78. The molecule has 4 rings (SSSR count). The number of likely N-dealkylation sites (N-methyl/N-ethyl adjacent to an activating group) is 1. The summed E-state index contributed by atoms with van der Waals surface area (Å²) in [6.45, 7) is 3.65. The van der Waals surface area contributed by atoms with Gasteiger partial charge in [0.25, 0.3) is 5.78 Å². The highest BCUT2D eigenvalue weighted by atomic mass is 15.3. The third-order valence-corrected chi connectivity index (χ3v) is 4.07. The number of imidazole rings is 1. The molecule has 0 aliphatic heterocycles. The SMILES string of the molecule is Cc1cccc2[nH]c(CCN(C)Cc3nc4ncccn4n3)nc12. The molecular weight excluding hydrogens is 302 g/mol. The Morgan fingerprint density at radius 1 is 1.21 bits per heavy atom. The first-order valence-corrected chi connectivity index (χ1v) is 7.98. The Morgan fingerprint density at radius 2 is 2.12 bits per heavy atom. The predicted molar refractivity (Wildman–Crippen MR) is 91.7 cm³/mol. The molecule has 0 saturated heterocycles. The summed E-state index contributed by atoms with van der Waals surface area (Å²) in [4.78, 5) is 18.9. The predicted octanol–water partition coefficient (Wildman–Crippen LogP) is 1.98. The van der Waals surface area contributed by atoms with Crippen LogP contribution in [-0.4, -0.2) is 48.0 Å². The van der Waals surface area contributed by atoms with Crippen molar-refractivity contribution < 1.29 is 0 Å². The van der Waals surface area contributed by atoms with Crippen molar-refractivity contribution in [1.29, 1.82) is 0 Å². The number of H-pyrrole nitrogens is 1. The molecule has 0 radical (unpaired) electrons. The van der Waals surface area contributed by atoms with Crippen LogP contribution in [0.5, 0.6) is 0 Å². The molecule has 7 heteroatoms. The standard InChI is InChI=1S/C17H19N7/c1-12-5-3-6-13-16(12)20-14(19-13)7-10-23(2)11-15-21-17-18-8-4-9-24(17)22-15/h3-6,8-9H,7,10-11H2,1-2H3,(H,19,20). The van der Waals surface area contributed by atoms with Gasteiger partial charge >= 0.3 is 0 Å². The molecular formula is C17H19N7. The number of benzene rings is 1. The second-order valence-corrected chi connectivity index (χ2v) is 6.03. The van der Waals surface area contributed by atoms with Crippen LogP contribution in [0.1, 0.15) is 17.2 Å². The Kier molecular flexibility index (Phi) is 3.70. The van der Waals surface area contributed by atoms with Crippen molar-refractivity contribution in [2.24, 2.45) is 0 Å². The summed E-state index contributed by atoms with van der Waals surface area (Å²) in [6.07, 6.45) is 4.44. The van der Waals surface area contributed by atoms with Crippen molar-refractivity contribution in [3.63, 3.8) is 0 Å². The lowest BCUT2D eigenvalue weighted by Crippen LogP contribution is -2.21. The Hall–Kier alpha value is -2.80. The lowest BCUT2D eigenvalue weighted by Gasteiger charge is -2.13. The molecule has 1 N–H and O–H groups in total. The van der Waals surface area contributed by atoms with Crippen LogP contribution in [-0.2, 0) is 13.0 Å². The molecule has 0 aliphatic carbocycles. The molecule has 0 aliphatic rings. The first-order chi connectivity index (χ1) is 11.7. The zero-order valence-corrected chi connectivity index (χ0v) is 13.8. The fourth-order valence-corrected chi connectivity index (χ4v) is 2.81. The number of aromatic amines is 1. The number of nitrogens with one attached hydrogen (secondary N) is 1. The normalized spacial score (nSPS) is 11.8. The highest BCUT2D eigenvalue weighted by Gasteiger charge is 2.09. The first-order valence-electron chi connectivity index (χ1n) is 7.98. The Labute approximate surface area is 139 Å². The molecule has 7 nitrogen and oxygen atoms in total. The van der Waals surface area contributed by atoms with Gasteiger partial charge in [-0.2, -0.15) is 4.98 Å². The fourth-order valence-electron chi connectivity index (χ4n) is 2.81. The number of aryl methyl sites for hydroxylation is 1. The monoisotopic (exact) mass is 321 g/mol. The average molecular weight is 321 g/mol. The van der Waals surface area contributed by atoms with Crippen molar-refractivity contribution in [1.82, 2.24) is 34.4 Å². The number of fused-ring (bicyclic) bond motifs is 2. The minimum atomic E-state index is 0.633. The Morgan fingerprint density at radius 3 is 2.96 bits per heavy atom. The third-order valence-electron chi connectivity index (χ3n) is 4.07. The molecule has 3 heterocycles. The number of hydrogen-bond donors (Lipinski definition) is 1. The molecule has 0 fully saturated rings. The number of aromatic nitrogens is 6. The van der Waals surface area contributed by atoms with Gasteiger partial charge in [-0.3, -0.25) is 4.90 Å². The lowest BCUT2D eigenvalue weighted by molar-refractivity contribution is 0.320. The molecule has 3 aromatic heterocycles. The average Bonchev–Trinajstić information content (AvgIpc) is 3.16. The van der Waals surface area contributed by atoms with Gasteiger partial charge in [0.1, 0.15) is 5.82 Å². The second kappa shape index (κ2) is 6.01. The number of para-hydroxylation sites is 1. The second-order valence-electron chi connectivity index (χ2n) is 6.03. The van der Waals surface area contributed by atoms with Crippen molar-refractivity contribution in [2.45, 2.75) is 19.9 Å². The van der Waals surface area contributed by atoms with E-state index in [1.807, 2.05) is 12.3 Å². The van der Waals surface area contributed by atoms with Crippen molar-refractivity contribution >= 4 is 16.8 Å². The van der Waals surface area contributed by atoms with E-state index in [2.05, 4.69) is 57.1 Å². The van der Waals surface area contributed by atoms with Crippen molar-refractivity contribution in [3.8, 4) is 0 Å².